The second kappa shape index (κ2) is 6.57. The van der Waals surface area contributed by atoms with Gasteiger partial charge in [0.05, 0.1) is 16.7 Å². The Morgan fingerprint density at radius 1 is 1.39 bits per heavy atom. The molecule has 2 aromatic heterocycles. The SMILES string of the molecule is CCn1c(S[C@@H](C)C#N)nc2scc(-c3ccccc3)c2c1=O. The van der Waals surface area contributed by atoms with E-state index < -0.39 is 0 Å². The molecule has 1 aromatic carbocycles. The van der Waals surface area contributed by atoms with E-state index in [0.29, 0.717) is 17.1 Å². The third-order valence-corrected chi connectivity index (χ3v) is 5.38. The van der Waals surface area contributed by atoms with Gasteiger partial charge < -0.3 is 0 Å². The van der Waals surface area contributed by atoms with Crippen molar-refractivity contribution in [3.05, 3.63) is 46.1 Å². The smallest absolute Gasteiger partial charge is 0.263 e. The Labute approximate surface area is 142 Å². The standard InChI is InChI=1S/C17H15N3OS2/c1-3-20-16(21)14-13(12-7-5-4-6-8-12)10-22-15(14)19-17(20)23-11(2)9-18/h4-8,10-11H,3H2,1-2H3/t11-/m0/s1. The van der Waals surface area contributed by atoms with E-state index in [-0.39, 0.29) is 10.8 Å². The first-order chi connectivity index (χ1) is 11.2. The Kier molecular flexibility index (Phi) is 4.51. The molecule has 0 aliphatic carbocycles. The highest BCUT2D eigenvalue weighted by molar-refractivity contribution is 8.00. The molecule has 2 heterocycles. The molecule has 0 aliphatic rings. The van der Waals surface area contributed by atoms with E-state index >= 15 is 0 Å². The van der Waals surface area contributed by atoms with Gasteiger partial charge >= 0.3 is 0 Å². The van der Waals surface area contributed by atoms with Crippen molar-refractivity contribution in [2.75, 3.05) is 0 Å². The van der Waals surface area contributed by atoms with Crippen LogP contribution in [0.1, 0.15) is 13.8 Å². The second-order valence-electron chi connectivity index (χ2n) is 5.03. The van der Waals surface area contributed by atoms with Crippen molar-refractivity contribution in [1.29, 1.82) is 5.26 Å². The summed E-state index contributed by atoms with van der Waals surface area (Å²) >= 11 is 2.80. The van der Waals surface area contributed by atoms with Crippen LogP contribution >= 0.6 is 23.1 Å². The molecular weight excluding hydrogens is 326 g/mol. The van der Waals surface area contributed by atoms with Gasteiger partial charge in [-0.2, -0.15) is 5.26 Å². The van der Waals surface area contributed by atoms with Crippen LogP contribution in [0.4, 0.5) is 0 Å². The van der Waals surface area contributed by atoms with Crippen molar-refractivity contribution in [2.45, 2.75) is 30.8 Å². The van der Waals surface area contributed by atoms with Gasteiger partial charge in [0.2, 0.25) is 0 Å². The second-order valence-corrected chi connectivity index (χ2v) is 7.19. The van der Waals surface area contributed by atoms with E-state index in [0.717, 1.165) is 16.0 Å². The number of rotatable bonds is 4. The average Bonchev–Trinajstić information content (AvgIpc) is 3.00. The van der Waals surface area contributed by atoms with Crippen molar-refractivity contribution in [3.63, 3.8) is 0 Å². The highest BCUT2D eigenvalue weighted by Crippen LogP contribution is 2.32. The Morgan fingerprint density at radius 2 is 2.13 bits per heavy atom. The van der Waals surface area contributed by atoms with Gasteiger partial charge in [-0.05, 0) is 19.4 Å². The molecule has 0 aliphatic heterocycles. The molecule has 0 radical (unpaired) electrons. The van der Waals surface area contributed by atoms with Gasteiger partial charge in [-0.15, -0.1) is 11.3 Å². The predicted octanol–water partition coefficient (Wildman–Crippen LogP) is 4.15. The number of thiophene rings is 1. The van der Waals surface area contributed by atoms with Gasteiger partial charge in [-0.3, -0.25) is 9.36 Å². The maximum atomic E-state index is 12.9. The monoisotopic (exact) mass is 341 g/mol. The molecule has 4 nitrogen and oxygen atoms in total. The molecule has 23 heavy (non-hydrogen) atoms. The summed E-state index contributed by atoms with van der Waals surface area (Å²) in [6.07, 6.45) is 0. The van der Waals surface area contributed by atoms with Crippen LogP contribution in [0.2, 0.25) is 0 Å². The van der Waals surface area contributed by atoms with Gasteiger partial charge in [-0.25, -0.2) is 4.98 Å². The molecule has 0 unspecified atom stereocenters. The molecule has 0 N–H and O–H groups in total. The highest BCUT2D eigenvalue weighted by atomic mass is 32.2. The van der Waals surface area contributed by atoms with Gasteiger partial charge in [0, 0.05) is 17.5 Å². The minimum absolute atomic E-state index is 0.0368. The lowest BCUT2D eigenvalue weighted by atomic mass is 10.1. The summed E-state index contributed by atoms with van der Waals surface area (Å²) in [6, 6.07) is 12.1. The normalized spacial score (nSPS) is 12.2. The number of hydrogen-bond donors (Lipinski definition) is 0. The lowest BCUT2D eigenvalue weighted by Gasteiger charge is -2.11. The minimum Gasteiger partial charge on any atom is -0.287 e. The Bertz CT molecular complexity index is 938. The number of thioether (sulfide) groups is 1. The summed E-state index contributed by atoms with van der Waals surface area (Å²) in [4.78, 5) is 18.3. The zero-order chi connectivity index (χ0) is 16.4. The van der Waals surface area contributed by atoms with E-state index in [1.807, 2.05) is 49.6 Å². The number of nitriles is 1. The van der Waals surface area contributed by atoms with Gasteiger partial charge in [0.15, 0.2) is 5.16 Å². The number of fused-ring (bicyclic) bond motifs is 1. The van der Waals surface area contributed by atoms with Crippen LogP contribution in [0.3, 0.4) is 0 Å². The first-order valence-corrected chi connectivity index (χ1v) is 9.05. The van der Waals surface area contributed by atoms with Crippen molar-refractivity contribution in [3.8, 4) is 17.2 Å². The Balaban J connectivity index is 2.23. The van der Waals surface area contributed by atoms with E-state index in [1.165, 1.54) is 23.1 Å². The summed E-state index contributed by atoms with van der Waals surface area (Å²) < 4.78 is 1.65. The fourth-order valence-corrected chi connectivity index (χ4v) is 4.24. The van der Waals surface area contributed by atoms with Crippen molar-refractivity contribution < 1.29 is 0 Å². The molecule has 0 bridgehead atoms. The quantitative estimate of drug-likeness (QED) is 0.528. The fraction of sp³-hybridized carbons (Fsp3) is 0.235. The molecule has 6 heteroatoms. The first-order valence-electron chi connectivity index (χ1n) is 7.29. The zero-order valence-corrected chi connectivity index (χ0v) is 14.4. The van der Waals surface area contributed by atoms with E-state index in [2.05, 4.69) is 11.1 Å². The molecular formula is C17H15N3OS2. The molecule has 1 atom stereocenters. The van der Waals surface area contributed by atoms with Crippen LogP contribution in [-0.4, -0.2) is 14.8 Å². The Morgan fingerprint density at radius 3 is 2.78 bits per heavy atom. The minimum atomic E-state index is -0.245. The number of hydrogen-bond acceptors (Lipinski definition) is 5. The fourth-order valence-electron chi connectivity index (χ4n) is 2.39. The van der Waals surface area contributed by atoms with Crippen LogP contribution in [-0.2, 0) is 6.54 Å². The molecule has 3 aromatic rings. The molecule has 0 amide bonds. The van der Waals surface area contributed by atoms with Crippen molar-refractivity contribution in [2.24, 2.45) is 0 Å². The molecule has 3 rings (SSSR count). The third kappa shape index (κ3) is 2.90. The van der Waals surface area contributed by atoms with Crippen LogP contribution in [0.5, 0.6) is 0 Å². The summed E-state index contributed by atoms with van der Waals surface area (Å²) in [5.74, 6) is 0. The molecule has 0 saturated heterocycles. The van der Waals surface area contributed by atoms with Crippen LogP contribution < -0.4 is 5.56 Å². The van der Waals surface area contributed by atoms with Gasteiger partial charge in [0.1, 0.15) is 4.83 Å². The number of nitrogens with zero attached hydrogens (tertiary/aromatic N) is 3. The van der Waals surface area contributed by atoms with E-state index in [9.17, 15) is 4.79 Å². The maximum Gasteiger partial charge on any atom is 0.263 e. The van der Waals surface area contributed by atoms with Crippen LogP contribution in [0.15, 0.2) is 45.7 Å². The van der Waals surface area contributed by atoms with Crippen molar-refractivity contribution >= 4 is 33.3 Å². The highest BCUT2D eigenvalue weighted by Gasteiger charge is 2.17. The average molecular weight is 341 g/mol. The van der Waals surface area contributed by atoms with E-state index in [4.69, 9.17) is 5.26 Å². The van der Waals surface area contributed by atoms with Crippen LogP contribution in [0.25, 0.3) is 21.3 Å². The number of aromatic nitrogens is 2. The van der Waals surface area contributed by atoms with Crippen molar-refractivity contribution in [1.82, 2.24) is 9.55 Å². The van der Waals surface area contributed by atoms with Gasteiger partial charge in [0.25, 0.3) is 5.56 Å². The zero-order valence-electron chi connectivity index (χ0n) is 12.8. The molecule has 0 fully saturated rings. The molecule has 0 saturated carbocycles. The Hall–Kier alpha value is -2.10. The van der Waals surface area contributed by atoms with E-state index in [1.54, 1.807) is 4.57 Å². The maximum absolute atomic E-state index is 12.9. The molecule has 116 valence electrons. The topological polar surface area (TPSA) is 58.7 Å². The van der Waals surface area contributed by atoms with Crippen LogP contribution in [0, 0.1) is 11.3 Å². The summed E-state index contributed by atoms with van der Waals surface area (Å²) in [5, 5.41) is 12.0. The largest absolute Gasteiger partial charge is 0.287 e. The number of benzene rings is 1. The van der Waals surface area contributed by atoms with Gasteiger partial charge in [-0.1, -0.05) is 42.1 Å². The lowest BCUT2D eigenvalue weighted by Crippen LogP contribution is -2.22. The molecule has 0 spiro atoms. The summed E-state index contributed by atoms with van der Waals surface area (Å²) in [6.45, 7) is 4.27. The predicted molar refractivity (Wildman–Crippen MR) is 95.9 cm³/mol. The third-order valence-electron chi connectivity index (χ3n) is 3.52. The lowest BCUT2D eigenvalue weighted by molar-refractivity contribution is 0.635. The summed E-state index contributed by atoms with van der Waals surface area (Å²) in [5.41, 5.74) is 1.91. The first kappa shape index (κ1) is 15.8. The summed E-state index contributed by atoms with van der Waals surface area (Å²) in [7, 11) is 0.